The van der Waals surface area contributed by atoms with Crippen molar-refractivity contribution in [3.8, 4) is 0 Å². The first-order valence-corrected chi connectivity index (χ1v) is 7.55. The van der Waals surface area contributed by atoms with Crippen molar-refractivity contribution in [2.45, 2.75) is 61.7 Å². The van der Waals surface area contributed by atoms with Crippen molar-refractivity contribution < 1.29 is 5.11 Å². The molecule has 2 saturated heterocycles. The topological polar surface area (TPSA) is 38.0 Å². The van der Waals surface area contributed by atoms with Crippen LogP contribution in [-0.2, 0) is 12.1 Å². The summed E-state index contributed by atoms with van der Waals surface area (Å²) in [6.07, 6.45) is 9.57. The molecule has 4 heteroatoms. The molecule has 3 heterocycles. The first-order valence-electron chi connectivity index (χ1n) is 6.60. The Kier molecular flexibility index (Phi) is 2.95. The number of aryl methyl sites for hydroxylation is 1. The van der Waals surface area contributed by atoms with Crippen molar-refractivity contribution in [3.63, 3.8) is 0 Å². The zero-order valence-electron chi connectivity index (χ0n) is 10.3. The summed E-state index contributed by atoms with van der Waals surface area (Å²) in [5.74, 6) is 0. The number of aliphatic hydroxyl groups is 1. The second-order valence-corrected chi connectivity index (χ2v) is 6.94. The molecule has 1 aromatic heterocycles. The normalized spacial score (nSPS) is 37.1. The van der Waals surface area contributed by atoms with Gasteiger partial charge < -0.3 is 5.11 Å². The number of thioether (sulfide) groups is 1. The van der Waals surface area contributed by atoms with E-state index < -0.39 is 5.60 Å². The van der Waals surface area contributed by atoms with Crippen LogP contribution >= 0.6 is 11.8 Å². The zero-order chi connectivity index (χ0) is 11.9. The average molecular weight is 252 g/mol. The van der Waals surface area contributed by atoms with E-state index in [1.54, 1.807) is 0 Å². The van der Waals surface area contributed by atoms with E-state index in [2.05, 4.69) is 23.8 Å². The van der Waals surface area contributed by atoms with Crippen molar-refractivity contribution >= 4 is 11.8 Å². The third-order valence-electron chi connectivity index (χ3n) is 4.06. The van der Waals surface area contributed by atoms with Crippen LogP contribution in [0.15, 0.2) is 12.4 Å². The predicted octanol–water partition coefficient (Wildman–Crippen LogP) is 2.54. The zero-order valence-corrected chi connectivity index (χ0v) is 11.1. The van der Waals surface area contributed by atoms with Crippen LogP contribution in [0.2, 0.25) is 0 Å². The van der Waals surface area contributed by atoms with Gasteiger partial charge in [-0.3, -0.25) is 4.68 Å². The van der Waals surface area contributed by atoms with E-state index in [9.17, 15) is 5.11 Å². The maximum absolute atomic E-state index is 10.9. The van der Waals surface area contributed by atoms with Crippen molar-refractivity contribution in [1.82, 2.24) is 9.78 Å². The lowest BCUT2D eigenvalue weighted by molar-refractivity contribution is 0.00805. The smallest absolute Gasteiger partial charge is 0.0947 e. The number of nitrogens with zero attached hydrogens (tertiary/aromatic N) is 2. The van der Waals surface area contributed by atoms with E-state index in [0.717, 1.165) is 24.9 Å². The Morgan fingerprint density at radius 1 is 1.47 bits per heavy atom. The standard InChI is InChI=1S/C13H20N2OS/c1-2-15-9-10(8-14-15)13(16)6-11-4-3-5-12(7-13)17-11/h8-9,11-12,16H,2-7H2,1H3. The second-order valence-electron chi connectivity index (χ2n) is 5.34. The summed E-state index contributed by atoms with van der Waals surface area (Å²) in [6, 6.07) is 0. The second kappa shape index (κ2) is 4.32. The minimum atomic E-state index is -0.617. The van der Waals surface area contributed by atoms with Crippen molar-refractivity contribution in [1.29, 1.82) is 0 Å². The van der Waals surface area contributed by atoms with Crippen LogP contribution in [0, 0.1) is 0 Å². The Morgan fingerprint density at radius 3 is 2.76 bits per heavy atom. The van der Waals surface area contributed by atoms with Gasteiger partial charge in [-0.1, -0.05) is 6.42 Å². The molecule has 2 fully saturated rings. The lowest BCUT2D eigenvalue weighted by atomic mass is 9.82. The quantitative estimate of drug-likeness (QED) is 0.879. The van der Waals surface area contributed by atoms with Crippen molar-refractivity contribution in [2.75, 3.05) is 0 Å². The molecule has 2 aliphatic heterocycles. The molecule has 1 aromatic rings. The summed E-state index contributed by atoms with van der Waals surface area (Å²) in [7, 11) is 0. The molecule has 2 atom stereocenters. The molecular formula is C13H20N2OS. The van der Waals surface area contributed by atoms with Gasteiger partial charge in [-0.2, -0.15) is 16.9 Å². The highest BCUT2D eigenvalue weighted by atomic mass is 32.2. The fourth-order valence-electron chi connectivity index (χ4n) is 3.13. The molecule has 3 nitrogen and oxygen atoms in total. The lowest BCUT2D eigenvalue weighted by Crippen LogP contribution is -2.40. The van der Waals surface area contributed by atoms with Crippen LogP contribution in [0.3, 0.4) is 0 Å². The highest BCUT2D eigenvalue weighted by Gasteiger charge is 2.43. The largest absolute Gasteiger partial charge is 0.385 e. The number of hydrogen-bond donors (Lipinski definition) is 1. The Labute approximate surface area is 107 Å². The van der Waals surface area contributed by atoms with Gasteiger partial charge in [0.2, 0.25) is 0 Å². The fourth-order valence-corrected chi connectivity index (χ4v) is 5.02. The van der Waals surface area contributed by atoms with Crippen molar-refractivity contribution in [3.05, 3.63) is 18.0 Å². The summed E-state index contributed by atoms with van der Waals surface area (Å²) >= 11 is 2.10. The molecule has 3 rings (SSSR count). The monoisotopic (exact) mass is 252 g/mol. The highest BCUT2D eigenvalue weighted by Crippen LogP contribution is 2.49. The highest BCUT2D eigenvalue weighted by molar-refractivity contribution is 8.00. The summed E-state index contributed by atoms with van der Waals surface area (Å²) in [6.45, 7) is 2.95. The van der Waals surface area contributed by atoms with E-state index in [0.29, 0.717) is 10.5 Å². The van der Waals surface area contributed by atoms with Gasteiger partial charge in [0.25, 0.3) is 0 Å². The summed E-state index contributed by atoms with van der Waals surface area (Å²) in [4.78, 5) is 0. The van der Waals surface area contributed by atoms with E-state index in [1.165, 1.54) is 19.3 Å². The fraction of sp³-hybridized carbons (Fsp3) is 0.769. The Hall–Kier alpha value is -0.480. The van der Waals surface area contributed by atoms with Gasteiger partial charge >= 0.3 is 0 Å². The van der Waals surface area contributed by atoms with Crippen molar-refractivity contribution in [2.24, 2.45) is 0 Å². The van der Waals surface area contributed by atoms with Gasteiger partial charge in [0, 0.05) is 28.8 Å². The predicted molar refractivity (Wildman–Crippen MR) is 70.0 cm³/mol. The summed E-state index contributed by atoms with van der Waals surface area (Å²) in [5, 5.41) is 16.5. The van der Waals surface area contributed by atoms with Gasteiger partial charge in [0.15, 0.2) is 0 Å². The Morgan fingerprint density at radius 2 is 2.18 bits per heavy atom. The molecule has 0 spiro atoms. The van der Waals surface area contributed by atoms with Crippen LogP contribution in [-0.4, -0.2) is 25.4 Å². The van der Waals surface area contributed by atoms with Crippen LogP contribution in [0.4, 0.5) is 0 Å². The third kappa shape index (κ3) is 2.13. The van der Waals surface area contributed by atoms with Gasteiger partial charge in [0.05, 0.1) is 11.8 Å². The van der Waals surface area contributed by atoms with E-state index in [1.807, 2.05) is 17.1 Å². The molecule has 0 aromatic carbocycles. The van der Waals surface area contributed by atoms with Gasteiger partial charge in [0.1, 0.15) is 0 Å². The SMILES string of the molecule is CCn1cc(C2(O)CC3CCCC(C2)S3)cn1. The first kappa shape index (κ1) is 11.6. The number of aromatic nitrogens is 2. The number of rotatable bonds is 2. The maximum Gasteiger partial charge on any atom is 0.0947 e. The van der Waals surface area contributed by atoms with Gasteiger partial charge in [-0.25, -0.2) is 0 Å². The first-order chi connectivity index (χ1) is 8.19. The maximum atomic E-state index is 10.9. The Bertz CT molecular complexity index is 392. The van der Waals surface area contributed by atoms with E-state index in [4.69, 9.17) is 0 Å². The molecule has 0 aliphatic carbocycles. The van der Waals surface area contributed by atoms with Gasteiger partial charge in [-0.15, -0.1) is 0 Å². The molecule has 94 valence electrons. The van der Waals surface area contributed by atoms with Crippen LogP contribution in [0.25, 0.3) is 0 Å². The molecule has 0 radical (unpaired) electrons. The molecular weight excluding hydrogens is 232 g/mol. The molecule has 0 saturated carbocycles. The van der Waals surface area contributed by atoms with E-state index >= 15 is 0 Å². The number of fused-ring (bicyclic) bond motifs is 2. The summed E-state index contributed by atoms with van der Waals surface area (Å²) in [5.41, 5.74) is 0.408. The molecule has 17 heavy (non-hydrogen) atoms. The minimum Gasteiger partial charge on any atom is -0.385 e. The van der Waals surface area contributed by atoms with Crippen LogP contribution in [0.5, 0.6) is 0 Å². The molecule has 2 unspecified atom stereocenters. The molecule has 0 amide bonds. The molecule has 2 aliphatic rings. The van der Waals surface area contributed by atoms with Gasteiger partial charge in [-0.05, 0) is 32.6 Å². The van der Waals surface area contributed by atoms with Crippen LogP contribution in [0.1, 0.15) is 44.6 Å². The molecule has 1 N–H and O–H groups in total. The van der Waals surface area contributed by atoms with E-state index in [-0.39, 0.29) is 0 Å². The third-order valence-corrected chi connectivity index (χ3v) is 5.64. The minimum absolute atomic E-state index is 0.617. The average Bonchev–Trinajstić information content (AvgIpc) is 2.77. The molecule has 2 bridgehead atoms. The lowest BCUT2D eigenvalue weighted by Gasteiger charge is -2.43. The Balaban J connectivity index is 1.85. The summed E-state index contributed by atoms with van der Waals surface area (Å²) < 4.78 is 1.91. The van der Waals surface area contributed by atoms with Crippen LogP contribution < -0.4 is 0 Å². The number of hydrogen-bond acceptors (Lipinski definition) is 3.